The van der Waals surface area contributed by atoms with E-state index in [1.165, 1.54) is 0 Å². The van der Waals surface area contributed by atoms with Gasteiger partial charge in [-0.25, -0.2) is 4.79 Å². The summed E-state index contributed by atoms with van der Waals surface area (Å²) in [6.45, 7) is 13.7. The monoisotopic (exact) mass is 302 g/mol. The Morgan fingerprint density at radius 2 is 1.14 bits per heavy atom. The van der Waals surface area contributed by atoms with Crippen molar-refractivity contribution < 1.29 is 14.3 Å². The zero-order valence-corrected chi connectivity index (χ0v) is 14.6. The maximum absolute atomic E-state index is 12.1. The quantitative estimate of drug-likeness (QED) is 0.232. The van der Waals surface area contributed by atoms with Crippen molar-refractivity contribution >= 4 is 12.4 Å². The highest BCUT2D eigenvalue weighted by molar-refractivity contribution is 5.98. The van der Waals surface area contributed by atoms with Crippen LogP contribution in [0.3, 0.4) is 0 Å². The molecule has 0 heterocycles. The van der Waals surface area contributed by atoms with E-state index in [2.05, 4.69) is 4.74 Å². The van der Waals surface area contributed by atoms with Gasteiger partial charge in [0.25, 0.3) is 0 Å². The van der Waals surface area contributed by atoms with Gasteiger partial charge in [-0.3, -0.25) is 4.79 Å². The molecule has 3 heteroatoms. The minimum Gasteiger partial charge on any atom is -0.392 e. The SMILES string of the molecule is C/C=C(/C)C(=C(/C(C)=C\C)/C(=C\C)C(=O)OC=O)/C(C)=C\C. The van der Waals surface area contributed by atoms with Crippen LogP contribution in [0, 0.1) is 0 Å². The molecule has 0 bridgehead atoms. The smallest absolute Gasteiger partial charge is 0.345 e. The van der Waals surface area contributed by atoms with Crippen LogP contribution in [-0.4, -0.2) is 12.4 Å². The first-order valence-electron chi connectivity index (χ1n) is 7.34. The molecule has 120 valence electrons. The van der Waals surface area contributed by atoms with Gasteiger partial charge in [-0.1, -0.05) is 24.3 Å². The van der Waals surface area contributed by atoms with Crippen LogP contribution in [0.15, 0.2) is 57.7 Å². The molecule has 0 aliphatic carbocycles. The highest BCUT2D eigenvalue weighted by Gasteiger charge is 2.21. The van der Waals surface area contributed by atoms with E-state index in [-0.39, 0.29) is 6.47 Å². The average Bonchev–Trinajstić information content (AvgIpc) is 2.53. The fourth-order valence-electron chi connectivity index (χ4n) is 2.15. The zero-order valence-electron chi connectivity index (χ0n) is 14.6. The molecule has 0 amide bonds. The van der Waals surface area contributed by atoms with Crippen molar-refractivity contribution in [2.24, 2.45) is 0 Å². The molecule has 0 aromatic heterocycles. The Balaban J connectivity index is 6.71. The predicted molar refractivity (Wildman–Crippen MR) is 91.2 cm³/mol. The topological polar surface area (TPSA) is 43.4 Å². The standard InChI is InChI=1S/C19H26O3/c1-8-13(5)17(14(6)9-2)18(15(7)10-3)16(11-4)19(21)22-12-20/h8-12H,1-7H3/b13-8-,14-9-,15-10-,16-11+. The Kier molecular flexibility index (Phi) is 8.76. The number of esters is 1. The number of rotatable bonds is 6. The number of allylic oxidation sites excluding steroid dienone is 8. The van der Waals surface area contributed by atoms with E-state index in [9.17, 15) is 9.59 Å². The van der Waals surface area contributed by atoms with E-state index in [0.29, 0.717) is 5.57 Å². The Morgan fingerprint density at radius 1 is 0.727 bits per heavy atom. The molecule has 0 atom stereocenters. The lowest BCUT2D eigenvalue weighted by molar-refractivity contribution is -0.147. The van der Waals surface area contributed by atoms with Crippen LogP contribution in [0.25, 0.3) is 0 Å². The second-order valence-electron chi connectivity index (χ2n) is 4.87. The van der Waals surface area contributed by atoms with E-state index in [1.807, 2.05) is 59.8 Å². The van der Waals surface area contributed by atoms with Crippen molar-refractivity contribution in [1.82, 2.24) is 0 Å². The summed E-state index contributed by atoms with van der Waals surface area (Å²) >= 11 is 0. The van der Waals surface area contributed by atoms with Gasteiger partial charge in [0.2, 0.25) is 0 Å². The minimum absolute atomic E-state index is 0.166. The Hall–Kier alpha value is -2.16. The van der Waals surface area contributed by atoms with Crippen molar-refractivity contribution in [1.29, 1.82) is 0 Å². The first-order chi connectivity index (χ1) is 10.4. The van der Waals surface area contributed by atoms with Gasteiger partial charge in [-0.05, 0) is 76.3 Å². The number of hydrogen-bond donors (Lipinski definition) is 0. The van der Waals surface area contributed by atoms with Crippen LogP contribution in [0.4, 0.5) is 0 Å². The molecule has 0 fully saturated rings. The van der Waals surface area contributed by atoms with Crippen LogP contribution >= 0.6 is 0 Å². The summed E-state index contributed by atoms with van der Waals surface area (Å²) in [5.74, 6) is -0.640. The Bertz CT molecular complexity index is 562. The minimum atomic E-state index is -0.640. The average molecular weight is 302 g/mol. The number of hydrogen-bond acceptors (Lipinski definition) is 3. The molecule has 0 rings (SSSR count). The van der Waals surface area contributed by atoms with Crippen LogP contribution in [-0.2, 0) is 14.3 Å². The molecule has 0 aromatic rings. The van der Waals surface area contributed by atoms with Crippen molar-refractivity contribution in [2.75, 3.05) is 0 Å². The van der Waals surface area contributed by atoms with Crippen molar-refractivity contribution in [2.45, 2.75) is 48.5 Å². The molecule has 0 saturated carbocycles. The van der Waals surface area contributed by atoms with Gasteiger partial charge >= 0.3 is 12.4 Å². The Labute approximate surface area is 133 Å². The predicted octanol–water partition coefficient (Wildman–Crippen LogP) is 4.83. The number of carbonyl (C=O) groups is 2. The Morgan fingerprint density at radius 3 is 1.45 bits per heavy atom. The van der Waals surface area contributed by atoms with Gasteiger partial charge in [0.15, 0.2) is 0 Å². The van der Waals surface area contributed by atoms with Crippen LogP contribution in [0.2, 0.25) is 0 Å². The third kappa shape index (κ3) is 4.69. The summed E-state index contributed by atoms with van der Waals surface area (Å²) in [6, 6.07) is 0. The third-order valence-electron chi connectivity index (χ3n) is 3.67. The molecule has 0 spiro atoms. The molecule has 0 aliphatic heterocycles. The number of carbonyl (C=O) groups excluding carboxylic acids is 2. The first kappa shape index (κ1) is 19.8. The summed E-state index contributed by atoms with van der Waals surface area (Å²) in [5.41, 5.74) is 5.24. The zero-order chi connectivity index (χ0) is 17.3. The lowest BCUT2D eigenvalue weighted by Gasteiger charge is -2.19. The van der Waals surface area contributed by atoms with E-state index < -0.39 is 5.97 Å². The van der Waals surface area contributed by atoms with Gasteiger partial charge in [0, 0.05) is 0 Å². The second-order valence-corrected chi connectivity index (χ2v) is 4.87. The molecule has 22 heavy (non-hydrogen) atoms. The third-order valence-corrected chi connectivity index (χ3v) is 3.67. The van der Waals surface area contributed by atoms with Gasteiger partial charge in [0.1, 0.15) is 0 Å². The van der Waals surface area contributed by atoms with Crippen LogP contribution < -0.4 is 0 Å². The highest BCUT2D eigenvalue weighted by atomic mass is 16.6. The molecule has 0 N–H and O–H groups in total. The maximum atomic E-state index is 12.1. The molecule has 0 aromatic carbocycles. The normalized spacial score (nSPS) is 13.8. The lowest BCUT2D eigenvalue weighted by atomic mass is 9.86. The second kappa shape index (κ2) is 9.72. The summed E-state index contributed by atoms with van der Waals surface area (Å²) in [4.78, 5) is 22.7. The van der Waals surface area contributed by atoms with Gasteiger partial charge in [-0.15, -0.1) is 0 Å². The van der Waals surface area contributed by atoms with Crippen molar-refractivity contribution in [3.8, 4) is 0 Å². The van der Waals surface area contributed by atoms with Crippen molar-refractivity contribution in [3.05, 3.63) is 57.7 Å². The fraction of sp³-hybridized carbons (Fsp3) is 0.368. The highest BCUT2D eigenvalue weighted by Crippen LogP contribution is 2.32. The van der Waals surface area contributed by atoms with E-state index in [1.54, 1.807) is 13.0 Å². The van der Waals surface area contributed by atoms with Gasteiger partial charge < -0.3 is 4.74 Å². The summed E-state index contributed by atoms with van der Waals surface area (Å²) in [6.07, 6.45) is 7.63. The summed E-state index contributed by atoms with van der Waals surface area (Å²) in [7, 11) is 0. The molecule has 0 unspecified atom stereocenters. The first-order valence-corrected chi connectivity index (χ1v) is 7.34. The maximum Gasteiger partial charge on any atom is 0.345 e. The molecule has 0 saturated heterocycles. The van der Waals surface area contributed by atoms with Crippen molar-refractivity contribution in [3.63, 3.8) is 0 Å². The number of ether oxygens (including phenoxy) is 1. The fourth-order valence-corrected chi connectivity index (χ4v) is 2.15. The summed E-state index contributed by atoms with van der Waals surface area (Å²) < 4.78 is 4.56. The van der Waals surface area contributed by atoms with Crippen LogP contribution in [0.5, 0.6) is 0 Å². The van der Waals surface area contributed by atoms with E-state index in [4.69, 9.17) is 0 Å². The van der Waals surface area contributed by atoms with E-state index in [0.717, 1.165) is 27.9 Å². The summed E-state index contributed by atoms with van der Waals surface area (Å²) in [5, 5.41) is 0. The van der Waals surface area contributed by atoms with Gasteiger partial charge in [-0.2, -0.15) is 0 Å². The molecule has 3 nitrogen and oxygen atoms in total. The molecular formula is C19H26O3. The molecule has 0 radical (unpaired) electrons. The largest absolute Gasteiger partial charge is 0.392 e. The lowest BCUT2D eigenvalue weighted by Crippen LogP contribution is -2.12. The molecule has 0 aliphatic rings. The van der Waals surface area contributed by atoms with Crippen LogP contribution in [0.1, 0.15) is 48.5 Å². The van der Waals surface area contributed by atoms with Gasteiger partial charge in [0.05, 0.1) is 5.57 Å². The van der Waals surface area contributed by atoms with E-state index >= 15 is 0 Å². The molecular weight excluding hydrogens is 276 g/mol.